The van der Waals surface area contributed by atoms with Crippen LogP contribution in [-0.2, 0) is 6.54 Å². The van der Waals surface area contributed by atoms with Gasteiger partial charge in [0.2, 0.25) is 0 Å². The molecule has 0 unspecified atom stereocenters. The Morgan fingerprint density at radius 3 is 2.95 bits per heavy atom. The lowest BCUT2D eigenvalue weighted by atomic mass is 9.97. The quantitative estimate of drug-likeness (QED) is 0.870. The van der Waals surface area contributed by atoms with Gasteiger partial charge in [0.25, 0.3) is 0 Å². The molecule has 1 aromatic rings. The molecule has 1 aliphatic rings. The van der Waals surface area contributed by atoms with Gasteiger partial charge in [0.1, 0.15) is 11.6 Å². The summed E-state index contributed by atoms with van der Waals surface area (Å²) in [7, 11) is 1.55. The predicted molar refractivity (Wildman–Crippen MR) is 77.3 cm³/mol. The molecule has 3 nitrogen and oxygen atoms in total. The summed E-state index contributed by atoms with van der Waals surface area (Å²) in [4.78, 5) is 2.35. The fourth-order valence-corrected chi connectivity index (χ4v) is 2.92. The summed E-state index contributed by atoms with van der Waals surface area (Å²) in [5, 5.41) is 8.98. The van der Waals surface area contributed by atoms with E-state index in [4.69, 9.17) is 9.84 Å². The Hall–Kier alpha value is -1.13. The molecule has 0 spiro atoms. The smallest absolute Gasteiger partial charge is 0.131 e. The highest BCUT2D eigenvalue weighted by molar-refractivity contribution is 5.28. The molecule has 1 aliphatic heterocycles. The Labute approximate surface area is 120 Å². The van der Waals surface area contributed by atoms with Crippen molar-refractivity contribution in [1.82, 2.24) is 4.90 Å². The summed E-state index contributed by atoms with van der Waals surface area (Å²) in [6.07, 6.45) is 5.38. The normalized spacial score (nSPS) is 20.1. The summed E-state index contributed by atoms with van der Waals surface area (Å²) in [5.74, 6) is 0.359. The first-order chi connectivity index (χ1) is 9.74. The average molecular weight is 281 g/mol. The van der Waals surface area contributed by atoms with Crippen molar-refractivity contribution in [3.8, 4) is 5.75 Å². The fourth-order valence-electron chi connectivity index (χ4n) is 2.92. The highest BCUT2D eigenvalue weighted by Gasteiger charge is 2.22. The first kappa shape index (κ1) is 15.3. The zero-order valence-corrected chi connectivity index (χ0v) is 12.1. The minimum absolute atomic E-state index is 0.198. The topological polar surface area (TPSA) is 32.7 Å². The fraction of sp³-hybridized carbons (Fsp3) is 0.625. The van der Waals surface area contributed by atoms with Crippen molar-refractivity contribution in [2.75, 3.05) is 20.3 Å². The Bertz CT molecular complexity index is 425. The van der Waals surface area contributed by atoms with Crippen LogP contribution in [0.2, 0.25) is 0 Å². The molecule has 0 radical (unpaired) electrons. The van der Waals surface area contributed by atoms with Crippen molar-refractivity contribution in [2.45, 2.75) is 44.7 Å². The maximum Gasteiger partial charge on any atom is 0.131 e. The third kappa shape index (κ3) is 3.93. The molecular formula is C16H24FNO2. The summed E-state index contributed by atoms with van der Waals surface area (Å²) in [6, 6.07) is 5.54. The van der Waals surface area contributed by atoms with E-state index in [1.807, 2.05) is 12.1 Å². The molecule has 1 atom stereocenters. The van der Waals surface area contributed by atoms with Crippen LogP contribution in [0, 0.1) is 5.82 Å². The number of piperidine rings is 1. The Balaban J connectivity index is 2.02. The number of aliphatic hydroxyl groups excluding tert-OH is 1. The third-order valence-electron chi connectivity index (χ3n) is 4.08. The van der Waals surface area contributed by atoms with Gasteiger partial charge in [-0.25, -0.2) is 4.39 Å². The van der Waals surface area contributed by atoms with E-state index in [0.717, 1.165) is 31.4 Å². The van der Waals surface area contributed by atoms with Crippen LogP contribution in [0.4, 0.5) is 4.39 Å². The molecule has 0 bridgehead atoms. The second kappa shape index (κ2) is 7.60. The standard InChI is InChI=1S/C16H24FNO2/c1-20-15-8-7-13(16(17)11-15)12-18-9-3-2-5-14(18)6-4-10-19/h7-8,11,14,19H,2-6,9-10,12H2,1H3/t14-/m1/s1. The van der Waals surface area contributed by atoms with Gasteiger partial charge in [-0.1, -0.05) is 12.5 Å². The molecule has 1 heterocycles. The largest absolute Gasteiger partial charge is 0.497 e. The van der Waals surface area contributed by atoms with Crippen LogP contribution in [-0.4, -0.2) is 36.3 Å². The number of ether oxygens (including phenoxy) is 1. The van der Waals surface area contributed by atoms with Crippen LogP contribution in [0.15, 0.2) is 18.2 Å². The number of hydrogen-bond acceptors (Lipinski definition) is 3. The van der Waals surface area contributed by atoms with Gasteiger partial charge in [0, 0.05) is 30.8 Å². The SMILES string of the molecule is COc1ccc(CN2CCCC[C@@H]2CCCO)c(F)c1. The van der Waals surface area contributed by atoms with E-state index < -0.39 is 0 Å². The third-order valence-corrected chi connectivity index (χ3v) is 4.08. The van der Waals surface area contributed by atoms with Crippen molar-refractivity contribution >= 4 is 0 Å². The first-order valence-corrected chi connectivity index (χ1v) is 7.42. The van der Waals surface area contributed by atoms with Crippen LogP contribution < -0.4 is 4.74 Å². The van der Waals surface area contributed by atoms with Crippen molar-refractivity contribution in [1.29, 1.82) is 0 Å². The summed E-state index contributed by atoms with van der Waals surface area (Å²) >= 11 is 0. The van der Waals surface area contributed by atoms with Gasteiger partial charge in [-0.15, -0.1) is 0 Å². The monoisotopic (exact) mass is 281 g/mol. The molecule has 0 aromatic heterocycles. The maximum atomic E-state index is 14.0. The Morgan fingerprint density at radius 1 is 1.40 bits per heavy atom. The minimum Gasteiger partial charge on any atom is -0.497 e. The van der Waals surface area contributed by atoms with Gasteiger partial charge in [-0.3, -0.25) is 4.90 Å². The molecule has 1 saturated heterocycles. The van der Waals surface area contributed by atoms with E-state index in [9.17, 15) is 4.39 Å². The van der Waals surface area contributed by atoms with Crippen LogP contribution in [0.1, 0.15) is 37.7 Å². The lowest BCUT2D eigenvalue weighted by Gasteiger charge is -2.36. The van der Waals surface area contributed by atoms with E-state index >= 15 is 0 Å². The molecule has 2 rings (SSSR count). The van der Waals surface area contributed by atoms with Crippen molar-refractivity contribution in [3.63, 3.8) is 0 Å². The number of aliphatic hydroxyl groups is 1. The summed E-state index contributed by atoms with van der Waals surface area (Å²) in [5.41, 5.74) is 0.724. The number of methoxy groups -OCH3 is 1. The highest BCUT2D eigenvalue weighted by atomic mass is 19.1. The van der Waals surface area contributed by atoms with E-state index in [1.165, 1.54) is 18.9 Å². The zero-order valence-electron chi connectivity index (χ0n) is 12.1. The lowest BCUT2D eigenvalue weighted by molar-refractivity contribution is 0.122. The van der Waals surface area contributed by atoms with E-state index in [0.29, 0.717) is 18.3 Å². The van der Waals surface area contributed by atoms with Crippen LogP contribution in [0.25, 0.3) is 0 Å². The van der Waals surface area contributed by atoms with Gasteiger partial charge >= 0.3 is 0 Å². The van der Waals surface area contributed by atoms with Gasteiger partial charge in [-0.05, 0) is 38.3 Å². The second-order valence-electron chi connectivity index (χ2n) is 5.44. The van der Waals surface area contributed by atoms with Crippen molar-refractivity contribution in [2.24, 2.45) is 0 Å². The molecular weight excluding hydrogens is 257 g/mol. The van der Waals surface area contributed by atoms with E-state index in [2.05, 4.69) is 4.90 Å². The molecule has 1 N–H and O–H groups in total. The molecule has 0 amide bonds. The average Bonchev–Trinajstić information content (AvgIpc) is 2.48. The summed E-state index contributed by atoms with van der Waals surface area (Å²) in [6.45, 7) is 1.90. The number of benzene rings is 1. The molecule has 0 aliphatic carbocycles. The Morgan fingerprint density at radius 2 is 2.25 bits per heavy atom. The van der Waals surface area contributed by atoms with Crippen LogP contribution in [0.3, 0.4) is 0 Å². The van der Waals surface area contributed by atoms with E-state index in [1.54, 1.807) is 7.11 Å². The molecule has 1 fully saturated rings. The molecule has 0 saturated carbocycles. The molecule has 1 aromatic carbocycles. The highest BCUT2D eigenvalue weighted by Crippen LogP contribution is 2.25. The van der Waals surface area contributed by atoms with Gasteiger partial charge in [0.15, 0.2) is 0 Å². The van der Waals surface area contributed by atoms with Crippen molar-refractivity contribution in [3.05, 3.63) is 29.6 Å². The van der Waals surface area contributed by atoms with Gasteiger partial charge in [-0.2, -0.15) is 0 Å². The number of nitrogens with zero attached hydrogens (tertiary/aromatic N) is 1. The number of rotatable bonds is 6. The number of likely N-dealkylation sites (tertiary alicyclic amines) is 1. The number of halogens is 1. The lowest BCUT2D eigenvalue weighted by Crippen LogP contribution is -2.39. The zero-order chi connectivity index (χ0) is 14.4. The maximum absolute atomic E-state index is 14.0. The number of hydrogen-bond donors (Lipinski definition) is 1. The molecule has 112 valence electrons. The van der Waals surface area contributed by atoms with Crippen LogP contribution >= 0.6 is 0 Å². The second-order valence-corrected chi connectivity index (χ2v) is 5.44. The molecule has 4 heteroatoms. The van der Waals surface area contributed by atoms with Crippen LogP contribution in [0.5, 0.6) is 5.75 Å². The van der Waals surface area contributed by atoms with Gasteiger partial charge in [0.05, 0.1) is 7.11 Å². The first-order valence-electron chi connectivity index (χ1n) is 7.42. The summed E-state index contributed by atoms with van der Waals surface area (Å²) < 4.78 is 19.1. The Kier molecular flexibility index (Phi) is 5.80. The predicted octanol–water partition coefficient (Wildman–Crippen LogP) is 2.96. The molecule has 20 heavy (non-hydrogen) atoms. The van der Waals surface area contributed by atoms with Crippen molar-refractivity contribution < 1.29 is 14.2 Å². The minimum atomic E-state index is -0.198. The van der Waals surface area contributed by atoms with E-state index in [-0.39, 0.29) is 12.4 Å². The van der Waals surface area contributed by atoms with Gasteiger partial charge < -0.3 is 9.84 Å².